The molecule has 0 spiro atoms. The molecule has 0 fully saturated rings. The third-order valence-electron chi connectivity index (χ3n) is 3.67. The van der Waals surface area contributed by atoms with E-state index in [2.05, 4.69) is 48.5 Å². The summed E-state index contributed by atoms with van der Waals surface area (Å²) in [7, 11) is 0.687. The molecule has 1 aliphatic rings. The second-order valence-corrected chi connectivity index (χ2v) is 6.01. The molecule has 1 aromatic heterocycles. The van der Waals surface area contributed by atoms with Crippen molar-refractivity contribution in [2.24, 2.45) is 0 Å². The molecule has 103 valence electrons. The predicted molar refractivity (Wildman–Crippen MR) is 92.3 cm³/mol. The van der Waals surface area contributed by atoms with Gasteiger partial charge in [0.1, 0.15) is 12.2 Å². The fourth-order valence-electron chi connectivity index (χ4n) is 2.71. The Hall–Kier alpha value is -2.39. The smallest absolute Gasteiger partial charge is 0.470 e. The molecule has 4 rings (SSSR count). The Morgan fingerprint density at radius 2 is 1.91 bits per heavy atom. The van der Waals surface area contributed by atoms with Gasteiger partial charge in [-0.3, -0.25) is 0 Å². The number of fused-ring (bicyclic) bond motifs is 3. The van der Waals surface area contributed by atoms with Crippen molar-refractivity contribution in [3.8, 4) is 0 Å². The normalized spacial score (nSPS) is 13.7. The highest BCUT2D eigenvalue weighted by Crippen LogP contribution is 2.38. The summed E-state index contributed by atoms with van der Waals surface area (Å²) < 4.78 is 7.58. The van der Waals surface area contributed by atoms with Crippen LogP contribution < -0.4 is 0 Å². The van der Waals surface area contributed by atoms with E-state index in [1.165, 1.54) is 20.2 Å². The van der Waals surface area contributed by atoms with E-state index < -0.39 is 0 Å². The molecule has 1 radical (unpaired) electrons. The highest BCUT2D eigenvalue weighted by atomic mass is 32.1. The highest BCUT2D eigenvalue weighted by molar-refractivity contribution is 7.26. The third kappa shape index (κ3) is 2.14. The van der Waals surface area contributed by atoms with Gasteiger partial charge in [0.2, 0.25) is 5.76 Å². The molecule has 1 N–H and O–H groups in total. The Bertz CT molecular complexity index is 950. The molecule has 1 aliphatic carbocycles. The van der Waals surface area contributed by atoms with E-state index in [-0.39, 0.29) is 0 Å². The summed E-state index contributed by atoms with van der Waals surface area (Å²) in [5, 5.41) is 11.3. The van der Waals surface area contributed by atoms with Crippen molar-refractivity contribution in [1.82, 2.24) is 0 Å². The summed E-state index contributed by atoms with van der Waals surface area (Å²) in [5.41, 5.74) is 2.18. The van der Waals surface area contributed by atoms with Crippen molar-refractivity contribution in [1.29, 1.82) is 0 Å². The molecule has 0 saturated heterocycles. The standard InChI is InChI=1S/C18H11BO2S/c20-19-21-13-6-3-5-12(11-13)14-8-4-9-16-15-7-1-2-10-17(15)22-18(14)16/h1-2,4-11,20H/q+1. The van der Waals surface area contributed by atoms with E-state index in [9.17, 15) is 0 Å². The predicted octanol–water partition coefficient (Wildman–Crippen LogP) is 4.24. The molecule has 22 heavy (non-hydrogen) atoms. The number of rotatable bonds is 3. The maximum Gasteiger partial charge on any atom is 0.584 e. The highest BCUT2D eigenvalue weighted by Gasteiger charge is 2.18. The number of hydrogen-bond acceptors (Lipinski definition) is 3. The van der Waals surface area contributed by atoms with Crippen LogP contribution >= 0.6 is 11.3 Å². The van der Waals surface area contributed by atoms with Crippen LogP contribution in [0.1, 0.15) is 5.56 Å². The van der Waals surface area contributed by atoms with Gasteiger partial charge in [0.05, 0.1) is 21.9 Å². The van der Waals surface area contributed by atoms with Crippen molar-refractivity contribution < 1.29 is 9.68 Å². The summed E-state index contributed by atoms with van der Waals surface area (Å²) in [6.07, 6.45) is 8.59. The Morgan fingerprint density at radius 1 is 1.05 bits per heavy atom. The Kier molecular flexibility index (Phi) is 3.28. The van der Waals surface area contributed by atoms with Gasteiger partial charge < -0.3 is 9.68 Å². The molecule has 2 aromatic carbocycles. The second-order valence-electron chi connectivity index (χ2n) is 4.96. The Morgan fingerprint density at radius 3 is 2.82 bits per heavy atom. The van der Waals surface area contributed by atoms with Crippen LogP contribution in [0.3, 0.4) is 0 Å². The minimum Gasteiger partial charge on any atom is -0.470 e. The van der Waals surface area contributed by atoms with Gasteiger partial charge in [0.25, 0.3) is 0 Å². The maximum absolute atomic E-state index is 8.79. The topological polar surface area (TPSA) is 29.5 Å². The molecule has 0 aliphatic heterocycles. The zero-order valence-electron chi connectivity index (χ0n) is 11.6. The summed E-state index contributed by atoms with van der Waals surface area (Å²) in [6, 6.07) is 14.8. The summed E-state index contributed by atoms with van der Waals surface area (Å²) in [5.74, 6) is 0.568. The van der Waals surface area contributed by atoms with E-state index >= 15 is 0 Å². The van der Waals surface area contributed by atoms with Gasteiger partial charge in [-0.05, 0) is 12.1 Å². The first kappa shape index (κ1) is 13.3. The SMILES string of the molecule is O[B]OC1=C[C+]=CC(c2cccc3c2sc2ccccc23)=C1. The minimum absolute atomic E-state index is 0.568. The molecule has 0 unspecified atom stereocenters. The molecular weight excluding hydrogens is 291 g/mol. The molecule has 0 saturated carbocycles. The first-order valence-electron chi connectivity index (χ1n) is 6.91. The zero-order valence-corrected chi connectivity index (χ0v) is 12.4. The van der Waals surface area contributed by atoms with Crippen LogP contribution in [-0.4, -0.2) is 12.7 Å². The van der Waals surface area contributed by atoms with Crippen LogP contribution in [0.2, 0.25) is 0 Å². The monoisotopic (exact) mass is 302 g/mol. The van der Waals surface area contributed by atoms with E-state index in [1.807, 2.05) is 12.2 Å². The van der Waals surface area contributed by atoms with Crippen molar-refractivity contribution in [3.05, 3.63) is 78.1 Å². The van der Waals surface area contributed by atoms with E-state index in [0.717, 1.165) is 11.1 Å². The lowest BCUT2D eigenvalue weighted by Gasteiger charge is -2.02. The van der Waals surface area contributed by atoms with Gasteiger partial charge in [0.15, 0.2) is 0 Å². The quantitative estimate of drug-likeness (QED) is 0.579. The van der Waals surface area contributed by atoms with Crippen molar-refractivity contribution >= 4 is 44.8 Å². The molecule has 2 nitrogen and oxygen atoms in total. The Labute approximate surface area is 133 Å². The van der Waals surface area contributed by atoms with Crippen molar-refractivity contribution in [2.75, 3.05) is 0 Å². The van der Waals surface area contributed by atoms with Gasteiger partial charge in [0, 0.05) is 21.5 Å². The van der Waals surface area contributed by atoms with Gasteiger partial charge >= 0.3 is 7.69 Å². The molecule has 1 heterocycles. The average Bonchev–Trinajstić information content (AvgIpc) is 2.94. The van der Waals surface area contributed by atoms with Crippen LogP contribution in [0.5, 0.6) is 0 Å². The van der Waals surface area contributed by atoms with Gasteiger partial charge in [-0.1, -0.05) is 30.3 Å². The van der Waals surface area contributed by atoms with E-state index in [1.54, 1.807) is 17.4 Å². The molecule has 0 bridgehead atoms. The fourth-order valence-corrected chi connectivity index (χ4v) is 3.95. The second kappa shape index (κ2) is 5.43. The molecule has 0 atom stereocenters. The maximum atomic E-state index is 8.79. The molecule has 4 heteroatoms. The van der Waals surface area contributed by atoms with Gasteiger partial charge in [-0.15, -0.1) is 11.3 Å². The lowest BCUT2D eigenvalue weighted by atomic mass is 9.99. The molecule has 0 amide bonds. The number of hydrogen-bond donors (Lipinski definition) is 1. The number of thiophene rings is 1. The summed E-state index contributed by atoms with van der Waals surface area (Å²) >= 11 is 1.79. The lowest BCUT2D eigenvalue weighted by molar-refractivity contribution is 0.382. The van der Waals surface area contributed by atoms with Crippen LogP contribution in [-0.2, 0) is 4.65 Å². The van der Waals surface area contributed by atoms with Crippen molar-refractivity contribution in [2.45, 2.75) is 0 Å². The fraction of sp³-hybridized carbons (Fsp3) is 0. The molecule has 3 aromatic rings. The third-order valence-corrected chi connectivity index (χ3v) is 4.89. The van der Waals surface area contributed by atoms with E-state index in [0.29, 0.717) is 13.4 Å². The first-order valence-corrected chi connectivity index (χ1v) is 7.73. The van der Waals surface area contributed by atoms with E-state index in [4.69, 9.17) is 9.68 Å². The largest absolute Gasteiger partial charge is 0.584 e. The summed E-state index contributed by atoms with van der Waals surface area (Å²) in [4.78, 5) is 0. The van der Waals surface area contributed by atoms with Crippen LogP contribution in [0, 0.1) is 6.08 Å². The number of benzene rings is 2. The summed E-state index contributed by atoms with van der Waals surface area (Å²) in [6.45, 7) is 0. The van der Waals surface area contributed by atoms with Crippen LogP contribution in [0.4, 0.5) is 0 Å². The van der Waals surface area contributed by atoms with Crippen LogP contribution in [0.15, 0.2) is 66.5 Å². The Balaban J connectivity index is 1.93. The van der Waals surface area contributed by atoms with Crippen LogP contribution in [0.25, 0.3) is 25.7 Å². The van der Waals surface area contributed by atoms with Crippen molar-refractivity contribution in [3.63, 3.8) is 0 Å². The van der Waals surface area contributed by atoms with Gasteiger partial charge in [-0.25, -0.2) is 0 Å². The molecular formula is C18H11BO2S+. The lowest BCUT2D eigenvalue weighted by Crippen LogP contribution is -1.98. The van der Waals surface area contributed by atoms with Gasteiger partial charge in [-0.2, -0.15) is 0 Å². The zero-order chi connectivity index (χ0) is 14.9. The average molecular weight is 302 g/mol. The minimum atomic E-state index is 0.568. The first-order chi connectivity index (χ1) is 10.9. The number of allylic oxidation sites excluding steroid dienone is 5.